The number of nitrogens with one attached hydrogen (secondary N) is 1. The van der Waals surface area contributed by atoms with E-state index in [2.05, 4.69) is 23.3 Å². The number of benzene rings is 1. The molecule has 1 aliphatic rings. The van der Waals surface area contributed by atoms with Gasteiger partial charge in [-0.15, -0.1) is 0 Å². The lowest BCUT2D eigenvalue weighted by molar-refractivity contribution is -0.122. The van der Waals surface area contributed by atoms with Gasteiger partial charge in [-0.3, -0.25) is 4.79 Å². The maximum Gasteiger partial charge on any atom is 0.221 e. The summed E-state index contributed by atoms with van der Waals surface area (Å²) >= 11 is 0. The Bertz CT molecular complexity index is 476. The smallest absolute Gasteiger partial charge is 0.221 e. The van der Waals surface area contributed by atoms with Gasteiger partial charge >= 0.3 is 0 Å². The summed E-state index contributed by atoms with van der Waals surface area (Å²) in [5.41, 5.74) is 1.20. The summed E-state index contributed by atoms with van der Waals surface area (Å²) in [6.45, 7) is 1.85. The Labute approximate surface area is 133 Å². The number of carbonyl (C=O) groups excluding carboxylic acids is 1. The van der Waals surface area contributed by atoms with Gasteiger partial charge < -0.3 is 15.0 Å². The lowest BCUT2D eigenvalue weighted by Gasteiger charge is -2.31. The van der Waals surface area contributed by atoms with Crippen LogP contribution in [0.5, 0.6) is 5.75 Å². The molecule has 0 aliphatic carbocycles. The molecule has 22 heavy (non-hydrogen) atoms. The van der Waals surface area contributed by atoms with Crippen LogP contribution in [0, 0.1) is 0 Å². The number of likely N-dealkylation sites (tertiary alicyclic amines) is 1. The molecule has 1 atom stereocenters. The Morgan fingerprint density at radius 1 is 1.36 bits per heavy atom. The number of methoxy groups -OCH3 is 1. The van der Waals surface area contributed by atoms with E-state index in [1.807, 2.05) is 18.2 Å². The van der Waals surface area contributed by atoms with Crippen molar-refractivity contribution in [1.29, 1.82) is 0 Å². The summed E-state index contributed by atoms with van der Waals surface area (Å²) < 4.78 is 5.34. The van der Waals surface area contributed by atoms with Crippen molar-refractivity contribution in [3.8, 4) is 5.75 Å². The number of carbonyl (C=O) groups is 1. The van der Waals surface area contributed by atoms with Crippen LogP contribution in [-0.2, 0) is 11.2 Å². The van der Waals surface area contributed by atoms with Crippen LogP contribution in [0.1, 0.15) is 37.7 Å². The second-order valence-electron chi connectivity index (χ2n) is 6.10. The van der Waals surface area contributed by atoms with Crippen molar-refractivity contribution in [1.82, 2.24) is 10.2 Å². The number of para-hydroxylation sites is 1. The molecule has 4 nitrogen and oxygen atoms in total. The highest BCUT2D eigenvalue weighted by Gasteiger charge is 2.21. The van der Waals surface area contributed by atoms with Crippen molar-refractivity contribution in [2.75, 3.05) is 27.2 Å². The zero-order chi connectivity index (χ0) is 15.8. The van der Waals surface area contributed by atoms with Crippen LogP contribution in [-0.4, -0.2) is 44.1 Å². The van der Waals surface area contributed by atoms with E-state index in [0.717, 1.165) is 38.1 Å². The summed E-state index contributed by atoms with van der Waals surface area (Å²) in [6.07, 6.45) is 6.14. The van der Waals surface area contributed by atoms with Crippen LogP contribution in [0.25, 0.3) is 0 Å². The lowest BCUT2D eigenvalue weighted by atomic mass is 10.00. The topological polar surface area (TPSA) is 41.6 Å². The molecule has 1 saturated heterocycles. The van der Waals surface area contributed by atoms with Crippen LogP contribution in [0.15, 0.2) is 24.3 Å². The number of amides is 1. The fraction of sp³-hybridized carbons (Fsp3) is 0.611. The Morgan fingerprint density at radius 2 is 2.18 bits per heavy atom. The van der Waals surface area contributed by atoms with Crippen LogP contribution < -0.4 is 10.1 Å². The zero-order valence-corrected chi connectivity index (χ0v) is 13.8. The van der Waals surface area contributed by atoms with E-state index in [0.29, 0.717) is 12.5 Å². The molecule has 0 spiro atoms. The Kier molecular flexibility index (Phi) is 6.72. The van der Waals surface area contributed by atoms with Crippen molar-refractivity contribution < 1.29 is 9.53 Å². The minimum Gasteiger partial charge on any atom is -0.496 e. The van der Waals surface area contributed by atoms with Gasteiger partial charge in [-0.2, -0.15) is 0 Å². The first kappa shape index (κ1) is 16.8. The fourth-order valence-corrected chi connectivity index (χ4v) is 3.10. The van der Waals surface area contributed by atoms with Crippen LogP contribution in [0.4, 0.5) is 0 Å². The van der Waals surface area contributed by atoms with E-state index in [1.54, 1.807) is 7.11 Å². The van der Waals surface area contributed by atoms with Gasteiger partial charge in [0.15, 0.2) is 0 Å². The molecule has 1 amide bonds. The van der Waals surface area contributed by atoms with Gasteiger partial charge in [-0.25, -0.2) is 0 Å². The molecule has 1 aromatic rings. The number of rotatable bonds is 7. The maximum absolute atomic E-state index is 12.0. The quantitative estimate of drug-likeness (QED) is 0.787. The second-order valence-corrected chi connectivity index (χ2v) is 6.10. The summed E-state index contributed by atoms with van der Waals surface area (Å²) in [6, 6.07) is 8.48. The van der Waals surface area contributed by atoms with Crippen LogP contribution in [0.3, 0.4) is 0 Å². The number of hydrogen-bond donors (Lipinski definition) is 1. The van der Waals surface area contributed by atoms with Gasteiger partial charge in [0, 0.05) is 19.0 Å². The molecule has 0 bridgehead atoms. The molecule has 0 unspecified atom stereocenters. The number of nitrogens with zero attached hydrogens (tertiary/aromatic N) is 1. The van der Waals surface area contributed by atoms with Crippen molar-refractivity contribution in [2.45, 2.75) is 44.6 Å². The van der Waals surface area contributed by atoms with E-state index in [1.165, 1.54) is 18.4 Å². The standard InChI is InChI=1S/C18H28N2O2/c1-20-13-6-5-10-16(20)14-18(21)19-12-7-9-15-8-3-4-11-17(15)22-2/h3-4,8,11,16H,5-7,9-10,12-14H2,1-2H3,(H,19,21)/t16-/m1/s1. The molecule has 1 N–H and O–H groups in total. The Morgan fingerprint density at radius 3 is 2.95 bits per heavy atom. The maximum atomic E-state index is 12.0. The molecule has 0 saturated carbocycles. The van der Waals surface area contributed by atoms with Crippen molar-refractivity contribution in [2.24, 2.45) is 0 Å². The van der Waals surface area contributed by atoms with Gasteiger partial charge in [-0.05, 0) is 50.9 Å². The first-order valence-corrected chi connectivity index (χ1v) is 8.29. The predicted octanol–water partition coefficient (Wildman–Crippen LogP) is 2.62. The van der Waals surface area contributed by atoms with Gasteiger partial charge in [0.2, 0.25) is 5.91 Å². The third kappa shape index (κ3) is 5.02. The van der Waals surface area contributed by atoms with Gasteiger partial charge in [-0.1, -0.05) is 24.6 Å². The first-order valence-electron chi connectivity index (χ1n) is 8.29. The number of hydrogen-bond acceptors (Lipinski definition) is 3. The number of piperidine rings is 1. The van der Waals surface area contributed by atoms with Crippen molar-refractivity contribution in [3.05, 3.63) is 29.8 Å². The lowest BCUT2D eigenvalue weighted by Crippen LogP contribution is -2.40. The van der Waals surface area contributed by atoms with E-state index in [9.17, 15) is 4.79 Å². The SMILES string of the molecule is COc1ccccc1CCCNC(=O)C[C@H]1CCCCN1C. The second kappa shape index (κ2) is 8.79. The third-order valence-corrected chi connectivity index (χ3v) is 4.48. The first-order chi connectivity index (χ1) is 10.7. The minimum atomic E-state index is 0.179. The molecule has 122 valence electrons. The highest BCUT2D eigenvalue weighted by Crippen LogP contribution is 2.19. The van der Waals surface area contributed by atoms with Gasteiger partial charge in [0.05, 0.1) is 7.11 Å². The van der Waals surface area contributed by atoms with Crippen LogP contribution in [0.2, 0.25) is 0 Å². The summed E-state index contributed by atoms with van der Waals surface area (Å²) in [5.74, 6) is 1.11. The van der Waals surface area contributed by atoms with Crippen molar-refractivity contribution in [3.63, 3.8) is 0 Å². The normalized spacial score (nSPS) is 18.9. The minimum absolute atomic E-state index is 0.179. The summed E-state index contributed by atoms with van der Waals surface area (Å²) in [7, 11) is 3.82. The molecule has 0 radical (unpaired) electrons. The van der Waals surface area contributed by atoms with E-state index in [4.69, 9.17) is 4.74 Å². The fourth-order valence-electron chi connectivity index (χ4n) is 3.10. The van der Waals surface area contributed by atoms with E-state index in [-0.39, 0.29) is 5.91 Å². The highest BCUT2D eigenvalue weighted by atomic mass is 16.5. The largest absolute Gasteiger partial charge is 0.496 e. The Balaban J connectivity index is 1.66. The zero-order valence-electron chi connectivity index (χ0n) is 13.8. The van der Waals surface area contributed by atoms with Gasteiger partial charge in [0.25, 0.3) is 0 Å². The third-order valence-electron chi connectivity index (χ3n) is 4.48. The number of aryl methyl sites for hydroxylation is 1. The Hall–Kier alpha value is -1.55. The molecule has 2 rings (SSSR count). The van der Waals surface area contributed by atoms with Crippen molar-refractivity contribution >= 4 is 5.91 Å². The molecule has 1 aliphatic heterocycles. The van der Waals surface area contributed by atoms with Gasteiger partial charge in [0.1, 0.15) is 5.75 Å². The van der Waals surface area contributed by atoms with Crippen LogP contribution >= 0.6 is 0 Å². The molecule has 4 heteroatoms. The monoisotopic (exact) mass is 304 g/mol. The predicted molar refractivity (Wildman–Crippen MR) is 89.2 cm³/mol. The molecule has 0 aromatic heterocycles. The molecule has 1 fully saturated rings. The van der Waals surface area contributed by atoms with E-state index < -0.39 is 0 Å². The molecular weight excluding hydrogens is 276 g/mol. The average molecular weight is 304 g/mol. The molecular formula is C18H28N2O2. The average Bonchev–Trinajstić information content (AvgIpc) is 2.54. The molecule has 1 heterocycles. The van der Waals surface area contributed by atoms with E-state index >= 15 is 0 Å². The molecule has 1 aromatic carbocycles. The summed E-state index contributed by atoms with van der Waals surface area (Å²) in [5, 5.41) is 3.05. The number of ether oxygens (including phenoxy) is 1. The highest BCUT2D eigenvalue weighted by molar-refractivity contribution is 5.76. The summed E-state index contributed by atoms with van der Waals surface area (Å²) in [4.78, 5) is 14.3.